The summed E-state index contributed by atoms with van der Waals surface area (Å²) < 4.78 is 38.6. The molecular weight excluding hydrogens is 418 g/mol. The molecule has 3 heterocycles. The van der Waals surface area contributed by atoms with E-state index in [9.17, 15) is 14.0 Å². The van der Waals surface area contributed by atoms with Crippen LogP contribution < -0.4 is 5.69 Å². The molecule has 1 aliphatic heterocycles. The molecule has 7 nitrogen and oxygen atoms in total. The highest BCUT2D eigenvalue weighted by molar-refractivity contribution is 5.72. The summed E-state index contributed by atoms with van der Waals surface area (Å²) in [5, 5.41) is 0. The van der Waals surface area contributed by atoms with Crippen LogP contribution in [0.5, 0.6) is 0 Å². The highest BCUT2D eigenvalue weighted by Gasteiger charge is 2.48. The normalized spacial score (nSPS) is 22.4. The molecule has 32 heavy (non-hydrogen) atoms. The lowest BCUT2D eigenvalue weighted by molar-refractivity contribution is -0.0349. The number of aryl methyl sites for hydroxylation is 1. The molecule has 0 N–H and O–H groups in total. The number of piperidine rings is 1. The second-order valence-electron chi connectivity index (χ2n) is 10.9. The number of carbonyl (C=O) groups is 1. The van der Waals surface area contributed by atoms with Gasteiger partial charge in [-0.15, -0.1) is 0 Å². The second-order valence-corrected chi connectivity index (χ2v) is 10.9. The third kappa shape index (κ3) is 4.66. The summed E-state index contributed by atoms with van der Waals surface area (Å²) in [5.41, 5.74) is -2.04. The van der Waals surface area contributed by atoms with E-state index in [4.69, 9.17) is 4.74 Å². The van der Waals surface area contributed by atoms with Crippen LogP contribution in [0.15, 0.2) is 16.9 Å². The molecular formula is C23H34F2N4O3. The van der Waals surface area contributed by atoms with Gasteiger partial charge in [0, 0.05) is 39.0 Å². The molecule has 9 heteroatoms. The summed E-state index contributed by atoms with van der Waals surface area (Å²) in [7, 11) is 1.60. The maximum atomic E-state index is 16.2. The zero-order valence-corrected chi connectivity index (χ0v) is 20.0. The monoisotopic (exact) mass is 452 g/mol. The first-order valence-electron chi connectivity index (χ1n) is 11.0. The number of hydrogen-bond acceptors (Lipinski definition) is 4. The van der Waals surface area contributed by atoms with Crippen LogP contribution in [-0.2, 0) is 24.0 Å². The number of rotatable bonds is 3. The van der Waals surface area contributed by atoms with Gasteiger partial charge in [-0.05, 0) is 38.3 Å². The van der Waals surface area contributed by atoms with Crippen LogP contribution in [0.3, 0.4) is 0 Å². The van der Waals surface area contributed by atoms with E-state index in [-0.39, 0.29) is 36.3 Å². The van der Waals surface area contributed by atoms with Gasteiger partial charge in [-0.2, -0.15) is 0 Å². The van der Waals surface area contributed by atoms with Crippen LogP contribution >= 0.6 is 0 Å². The Labute approximate surface area is 187 Å². The molecule has 0 bridgehead atoms. The summed E-state index contributed by atoms with van der Waals surface area (Å²) in [6.07, 6.45) is -0.682. The molecule has 1 saturated heterocycles. The molecule has 0 aliphatic carbocycles. The van der Waals surface area contributed by atoms with E-state index >= 15 is 4.39 Å². The minimum Gasteiger partial charge on any atom is -0.444 e. The maximum Gasteiger partial charge on any atom is 0.410 e. The van der Waals surface area contributed by atoms with E-state index in [1.165, 1.54) is 15.5 Å². The van der Waals surface area contributed by atoms with Gasteiger partial charge >= 0.3 is 11.8 Å². The number of imidazole rings is 1. The molecule has 2 unspecified atom stereocenters. The van der Waals surface area contributed by atoms with E-state index in [1.807, 2.05) is 20.8 Å². The van der Waals surface area contributed by atoms with Gasteiger partial charge < -0.3 is 9.64 Å². The standard InChI is InChI=1S/C23H34F2N4O3/c1-21(2,3)14-29-16-8-9-17(26-18(16)27(7)19(29)30)23(25)10-11-28(13-15(23)12-24)20(31)32-22(4,5)6/h8-9,15H,10-14H2,1-7H3. The predicted molar refractivity (Wildman–Crippen MR) is 119 cm³/mol. The Kier molecular flexibility index (Phi) is 6.17. The summed E-state index contributed by atoms with van der Waals surface area (Å²) in [5.74, 6) is -1.08. The van der Waals surface area contributed by atoms with Gasteiger partial charge in [0.2, 0.25) is 0 Å². The average molecular weight is 453 g/mol. The van der Waals surface area contributed by atoms with E-state index in [1.54, 1.807) is 38.5 Å². The maximum absolute atomic E-state index is 16.2. The number of nitrogens with zero attached hydrogens (tertiary/aromatic N) is 4. The zero-order chi connectivity index (χ0) is 24.1. The quantitative estimate of drug-likeness (QED) is 0.701. The number of likely N-dealkylation sites (tertiary alicyclic amines) is 1. The summed E-state index contributed by atoms with van der Waals surface area (Å²) >= 11 is 0. The Morgan fingerprint density at radius 3 is 2.47 bits per heavy atom. The fourth-order valence-corrected chi connectivity index (χ4v) is 4.14. The largest absolute Gasteiger partial charge is 0.444 e. The zero-order valence-electron chi connectivity index (χ0n) is 20.0. The van der Waals surface area contributed by atoms with Gasteiger partial charge in [0.15, 0.2) is 11.3 Å². The van der Waals surface area contributed by atoms with Crippen molar-refractivity contribution in [2.45, 2.75) is 65.8 Å². The van der Waals surface area contributed by atoms with Crippen LogP contribution in [0.1, 0.15) is 53.7 Å². The molecule has 0 spiro atoms. The van der Waals surface area contributed by atoms with Crippen molar-refractivity contribution >= 4 is 17.3 Å². The molecule has 1 fully saturated rings. The SMILES string of the molecule is Cn1c(=O)n(CC(C)(C)C)c2ccc(C3(F)CCN(C(=O)OC(C)(C)C)CC3CF)nc21. The van der Waals surface area contributed by atoms with E-state index in [0.29, 0.717) is 17.7 Å². The first-order chi connectivity index (χ1) is 14.7. The van der Waals surface area contributed by atoms with Gasteiger partial charge in [-0.1, -0.05) is 20.8 Å². The van der Waals surface area contributed by atoms with Gasteiger partial charge in [0.25, 0.3) is 0 Å². The number of halogens is 2. The Hall–Kier alpha value is -2.45. The van der Waals surface area contributed by atoms with Crippen LogP contribution in [0.2, 0.25) is 0 Å². The number of carbonyl (C=O) groups excluding carboxylic acids is 1. The first kappa shape index (κ1) is 24.2. The molecule has 3 rings (SSSR count). The Bertz CT molecular complexity index is 1060. The van der Waals surface area contributed by atoms with Crippen molar-refractivity contribution < 1.29 is 18.3 Å². The van der Waals surface area contributed by atoms with Crippen LogP contribution in [0, 0.1) is 11.3 Å². The number of fused-ring (bicyclic) bond motifs is 1. The van der Waals surface area contributed by atoms with Crippen molar-refractivity contribution in [3.8, 4) is 0 Å². The molecule has 178 valence electrons. The Morgan fingerprint density at radius 2 is 1.91 bits per heavy atom. The minimum atomic E-state index is -2.05. The fraction of sp³-hybridized carbons (Fsp3) is 0.696. The minimum absolute atomic E-state index is 0.0833. The Balaban J connectivity index is 1.95. The fourth-order valence-electron chi connectivity index (χ4n) is 4.14. The van der Waals surface area contributed by atoms with E-state index < -0.39 is 30.0 Å². The topological polar surface area (TPSA) is 69.4 Å². The number of pyridine rings is 1. The van der Waals surface area contributed by atoms with Crippen LogP contribution in [0.25, 0.3) is 11.2 Å². The lowest BCUT2D eigenvalue weighted by Crippen LogP contribution is -2.52. The number of ether oxygens (including phenoxy) is 1. The van der Waals surface area contributed by atoms with Crippen molar-refractivity contribution in [2.24, 2.45) is 18.4 Å². The lowest BCUT2D eigenvalue weighted by atomic mass is 9.80. The Morgan fingerprint density at radius 1 is 1.25 bits per heavy atom. The van der Waals surface area contributed by atoms with Gasteiger partial charge in [-0.25, -0.2) is 19.0 Å². The smallest absolute Gasteiger partial charge is 0.410 e. The van der Waals surface area contributed by atoms with Crippen molar-refractivity contribution in [3.63, 3.8) is 0 Å². The van der Waals surface area contributed by atoms with Crippen LogP contribution in [-0.4, -0.2) is 50.5 Å². The third-order valence-corrected chi connectivity index (χ3v) is 5.71. The van der Waals surface area contributed by atoms with Crippen molar-refractivity contribution in [3.05, 3.63) is 28.3 Å². The van der Waals surface area contributed by atoms with Crippen molar-refractivity contribution in [1.82, 2.24) is 19.0 Å². The second kappa shape index (κ2) is 8.15. The molecule has 0 aromatic carbocycles. The lowest BCUT2D eigenvalue weighted by Gasteiger charge is -2.41. The first-order valence-corrected chi connectivity index (χ1v) is 11.0. The number of alkyl halides is 2. The van der Waals surface area contributed by atoms with Gasteiger partial charge in [0.1, 0.15) is 5.60 Å². The highest BCUT2D eigenvalue weighted by atomic mass is 19.1. The molecule has 2 atom stereocenters. The summed E-state index contributed by atoms with van der Waals surface area (Å²) in [4.78, 5) is 31.0. The average Bonchev–Trinajstić information content (AvgIpc) is 2.90. The number of aromatic nitrogens is 3. The van der Waals surface area contributed by atoms with Crippen LogP contribution in [0.4, 0.5) is 13.6 Å². The molecule has 2 aromatic rings. The number of amides is 1. The molecule has 1 amide bonds. The predicted octanol–water partition coefficient (Wildman–Crippen LogP) is 4.17. The van der Waals surface area contributed by atoms with Gasteiger partial charge in [-0.3, -0.25) is 13.5 Å². The van der Waals surface area contributed by atoms with E-state index in [2.05, 4.69) is 4.98 Å². The number of hydrogen-bond donors (Lipinski definition) is 0. The summed E-state index contributed by atoms with van der Waals surface area (Å²) in [6, 6.07) is 3.22. The van der Waals surface area contributed by atoms with Crippen molar-refractivity contribution in [2.75, 3.05) is 19.8 Å². The molecule has 0 saturated carbocycles. The molecule has 2 aromatic heterocycles. The van der Waals surface area contributed by atoms with E-state index in [0.717, 1.165) is 0 Å². The van der Waals surface area contributed by atoms with Gasteiger partial charge in [0.05, 0.1) is 17.9 Å². The highest BCUT2D eigenvalue weighted by Crippen LogP contribution is 2.41. The molecule has 0 radical (unpaired) electrons. The van der Waals surface area contributed by atoms with Crippen molar-refractivity contribution in [1.29, 1.82) is 0 Å². The summed E-state index contributed by atoms with van der Waals surface area (Å²) in [6.45, 7) is 10.9. The third-order valence-electron chi connectivity index (χ3n) is 5.71. The molecule has 1 aliphatic rings.